The van der Waals surface area contributed by atoms with Crippen LogP contribution in [0.3, 0.4) is 0 Å². The molecule has 6 nitrogen and oxygen atoms in total. The zero-order valence-electron chi connectivity index (χ0n) is 17.0. The molecule has 0 fully saturated rings. The summed E-state index contributed by atoms with van der Waals surface area (Å²) in [6.45, 7) is 9.22. The van der Waals surface area contributed by atoms with Crippen molar-refractivity contribution in [1.82, 2.24) is 0 Å². The molecular formula is C22H28O6. The van der Waals surface area contributed by atoms with E-state index in [4.69, 9.17) is 4.42 Å². The lowest BCUT2D eigenvalue weighted by Gasteiger charge is -2.18. The highest BCUT2D eigenvalue weighted by molar-refractivity contribution is 6.11. The molecular weight excluding hydrogens is 360 g/mol. The van der Waals surface area contributed by atoms with Crippen LogP contribution in [0.15, 0.2) is 26.9 Å². The highest BCUT2D eigenvalue weighted by Gasteiger charge is 2.28. The van der Waals surface area contributed by atoms with Crippen molar-refractivity contribution in [3.63, 3.8) is 0 Å². The first-order valence-electron chi connectivity index (χ1n) is 9.47. The van der Waals surface area contributed by atoms with Crippen LogP contribution >= 0.6 is 0 Å². The smallest absolute Gasteiger partial charge is 0.336 e. The average molecular weight is 388 g/mol. The minimum Gasteiger partial charge on any atom is -0.507 e. The zero-order valence-corrected chi connectivity index (χ0v) is 17.0. The maximum atomic E-state index is 12.9. The summed E-state index contributed by atoms with van der Waals surface area (Å²) in [6.07, 6.45) is 1.42. The molecule has 0 bridgehead atoms. The Hall–Kier alpha value is -2.60. The molecule has 0 aliphatic carbocycles. The van der Waals surface area contributed by atoms with Crippen LogP contribution in [0.1, 0.15) is 75.0 Å². The number of allylic oxidation sites excluding steroid dienone is 2. The van der Waals surface area contributed by atoms with E-state index in [-0.39, 0.29) is 63.7 Å². The van der Waals surface area contributed by atoms with Gasteiger partial charge in [-0.05, 0) is 32.6 Å². The molecule has 0 saturated heterocycles. The maximum Gasteiger partial charge on any atom is 0.336 e. The van der Waals surface area contributed by atoms with Gasteiger partial charge in [0.2, 0.25) is 0 Å². The Labute approximate surface area is 164 Å². The summed E-state index contributed by atoms with van der Waals surface area (Å²) >= 11 is 0. The highest BCUT2D eigenvalue weighted by Crippen LogP contribution is 2.43. The van der Waals surface area contributed by atoms with Gasteiger partial charge < -0.3 is 19.7 Å². The maximum absolute atomic E-state index is 12.9. The van der Waals surface area contributed by atoms with Gasteiger partial charge in [0.1, 0.15) is 17.1 Å². The number of benzene rings is 1. The van der Waals surface area contributed by atoms with Gasteiger partial charge in [0, 0.05) is 23.6 Å². The van der Waals surface area contributed by atoms with E-state index in [1.54, 1.807) is 6.92 Å². The summed E-state index contributed by atoms with van der Waals surface area (Å²) in [5.41, 5.74) is 0.256. The first kappa shape index (κ1) is 21.7. The van der Waals surface area contributed by atoms with E-state index < -0.39 is 11.7 Å². The van der Waals surface area contributed by atoms with Crippen LogP contribution in [0.2, 0.25) is 0 Å². The first-order valence-corrected chi connectivity index (χ1v) is 9.47. The molecule has 0 aliphatic heterocycles. The molecule has 0 aliphatic rings. The number of aromatic hydroxyl groups is 2. The summed E-state index contributed by atoms with van der Waals surface area (Å²) in [6, 6.07) is 1.12. The third-order valence-corrected chi connectivity index (χ3v) is 4.60. The van der Waals surface area contributed by atoms with E-state index in [9.17, 15) is 24.9 Å². The van der Waals surface area contributed by atoms with Gasteiger partial charge in [0.25, 0.3) is 0 Å². The molecule has 2 rings (SSSR count). The lowest BCUT2D eigenvalue weighted by molar-refractivity contribution is 0.0965. The largest absolute Gasteiger partial charge is 0.507 e. The third kappa shape index (κ3) is 4.28. The molecule has 28 heavy (non-hydrogen) atoms. The van der Waals surface area contributed by atoms with Crippen molar-refractivity contribution in [2.45, 2.75) is 60.0 Å². The summed E-state index contributed by atoms with van der Waals surface area (Å²) in [4.78, 5) is 25.0. The number of Topliss-reactive ketones (excluding diaryl/α,β-unsaturated/α-hetero) is 1. The molecule has 3 N–H and O–H groups in total. The number of hydrogen-bond donors (Lipinski definition) is 3. The average Bonchev–Trinajstić information content (AvgIpc) is 2.59. The fourth-order valence-electron chi connectivity index (χ4n) is 3.17. The standard InChI is InChI=1S/C22H28O6/c1-6-15(23)14-10-17(25)28-22-18(14)20(26)13(8-7-11(2)3)21(27)19(22)16(24)9-12(4)5/h7,10,12,15,23,26-27H,6,8-9H2,1-5H3/t15-/m1/s1. The van der Waals surface area contributed by atoms with E-state index >= 15 is 0 Å². The summed E-state index contributed by atoms with van der Waals surface area (Å²) < 4.78 is 5.25. The van der Waals surface area contributed by atoms with Gasteiger partial charge in [0.15, 0.2) is 11.4 Å². The van der Waals surface area contributed by atoms with Crippen molar-refractivity contribution >= 4 is 16.8 Å². The Morgan fingerprint density at radius 3 is 2.39 bits per heavy atom. The second-order valence-corrected chi connectivity index (χ2v) is 7.71. The van der Waals surface area contributed by atoms with Crippen LogP contribution in [-0.4, -0.2) is 21.1 Å². The molecule has 6 heteroatoms. The molecule has 0 saturated carbocycles. The predicted molar refractivity (Wildman–Crippen MR) is 108 cm³/mol. The number of carbonyl (C=O) groups is 1. The Balaban J connectivity index is 2.99. The summed E-state index contributed by atoms with van der Waals surface area (Å²) in [5, 5.41) is 32.2. The number of aliphatic hydroxyl groups is 1. The van der Waals surface area contributed by atoms with Crippen LogP contribution in [0.5, 0.6) is 11.5 Å². The van der Waals surface area contributed by atoms with Gasteiger partial charge in [-0.3, -0.25) is 4.79 Å². The van der Waals surface area contributed by atoms with E-state index in [2.05, 4.69) is 0 Å². The molecule has 1 heterocycles. The van der Waals surface area contributed by atoms with Crippen molar-refractivity contribution < 1.29 is 24.5 Å². The van der Waals surface area contributed by atoms with Crippen LogP contribution in [0.4, 0.5) is 0 Å². The summed E-state index contributed by atoms with van der Waals surface area (Å²) in [7, 11) is 0. The van der Waals surface area contributed by atoms with Gasteiger partial charge in [-0.15, -0.1) is 0 Å². The van der Waals surface area contributed by atoms with Crippen molar-refractivity contribution in [3.05, 3.63) is 44.8 Å². The van der Waals surface area contributed by atoms with Crippen molar-refractivity contribution in [1.29, 1.82) is 0 Å². The highest BCUT2D eigenvalue weighted by atomic mass is 16.4. The number of phenolic OH excluding ortho intramolecular Hbond substituents is 2. The van der Waals surface area contributed by atoms with Crippen molar-refractivity contribution in [2.75, 3.05) is 0 Å². The minimum atomic E-state index is -1.02. The number of fused-ring (bicyclic) bond motifs is 1. The quantitative estimate of drug-likeness (QED) is 0.369. The van der Waals surface area contributed by atoms with E-state index in [1.165, 1.54) is 0 Å². The monoisotopic (exact) mass is 388 g/mol. The lowest BCUT2D eigenvalue weighted by Crippen LogP contribution is -2.11. The van der Waals surface area contributed by atoms with E-state index in [0.29, 0.717) is 6.42 Å². The molecule has 152 valence electrons. The van der Waals surface area contributed by atoms with Gasteiger partial charge in [-0.1, -0.05) is 32.4 Å². The number of ketones is 1. The summed E-state index contributed by atoms with van der Waals surface area (Å²) in [5.74, 6) is -1.05. The van der Waals surface area contributed by atoms with E-state index in [0.717, 1.165) is 11.6 Å². The number of hydrogen-bond acceptors (Lipinski definition) is 6. The van der Waals surface area contributed by atoms with Crippen LogP contribution < -0.4 is 5.63 Å². The van der Waals surface area contributed by atoms with Gasteiger partial charge >= 0.3 is 5.63 Å². The number of aliphatic hydroxyl groups excluding tert-OH is 1. The van der Waals surface area contributed by atoms with Crippen molar-refractivity contribution in [2.24, 2.45) is 5.92 Å². The Kier molecular flexibility index (Phi) is 6.67. The first-order chi connectivity index (χ1) is 13.1. The number of carbonyl (C=O) groups excluding carboxylic acids is 1. The fourth-order valence-corrected chi connectivity index (χ4v) is 3.17. The Bertz CT molecular complexity index is 977. The fraction of sp³-hybridized carbons (Fsp3) is 0.455. The van der Waals surface area contributed by atoms with Crippen molar-refractivity contribution in [3.8, 4) is 11.5 Å². The molecule has 0 spiro atoms. The molecule has 1 aromatic heterocycles. The number of rotatable bonds is 7. The topological polar surface area (TPSA) is 108 Å². The van der Waals surface area contributed by atoms with Crippen LogP contribution in [-0.2, 0) is 6.42 Å². The molecule has 1 aromatic carbocycles. The Morgan fingerprint density at radius 2 is 1.86 bits per heavy atom. The second-order valence-electron chi connectivity index (χ2n) is 7.71. The van der Waals surface area contributed by atoms with Crippen LogP contribution in [0, 0.1) is 5.92 Å². The minimum absolute atomic E-state index is 0.0214. The van der Waals surface area contributed by atoms with Gasteiger partial charge in [-0.2, -0.15) is 0 Å². The van der Waals surface area contributed by atoms with E-state index in [1.807, 2.05) is 33.8 Å². The van der Waals surface area contributed by atoms with Crippen LogP contribution in [0.25, 0.3) is 11.0 Å². The molecule has 0 radical (unpaired) electrons. The van der Waals surface area contributed by atoms with Gasteiger partial charge in [-0.25, -0.2) is 4.79 Å². The SMILES string of the molecule is CC[C@@H](O)c1cc(=O)oc2c(C(=O)CC(C)C)c(O)c(CC=C(C)C)c(O)c12. The number of phenols is 2. The zero-order chi connectivity index (χ0) is 21.2. The molecule has 2 aromatic rings. The predicted octanol–water partition coefficient (Wildman–Crippen LogP) is 4.39. The third-order valence-electron chi connectivity index (χ3n) is 4.60. The lowest BCUT2D eigenvalue weighted by atomic mass is 9.91. The molecule has 0 unspecified atom stereocenters. The Morgan fingerprint density at radius 1 is 1.21 bits per heavy atom. The second kappa shape index (κ2) is 8.61. The molecule has 0 amide bonds. The van der Waals surface area contributed by atoms with Gasteiger partial charge in [0.05, 0.1) is 11.5 Å². The normalized spacial score (nSPS) is 12.4. The molecule has 1 atom stereocenters.